The summed E-state index contributed by atoms with van der Waals surface area (Å²) in [5.74, 6) is 1.15. The Morgan fingerprint density at radius 3 is 2.62 bits per heavy atom. The Bertz CT molecular complexity index is 202. The Hall–Kier alpha value is -0.0500. The Kier molecular flexibility index (Phi) is 7.10. The zero-order valence-electron chi connectivity index (χ0n) is 10.4. The second kappa shape index (κ2) is 8.10. The van der Waals surface area contributed by atoms with E-state index in [1.165, 1.54) is 32.1 Å². The molecule has 0 atom stereocenters. The molecule has 16 heavy (non-hydrogen) atoms. The predicted molar refractivity (Wildman–Crippen MR) is 71.9 cm³/mol. The van der Waals surface area contributed by atoms with Gasteiger partial charge in [-0.3, -0.25) is 4.79 Å². The fraction of sp³-hybridized carbons (Fsp3) is 0.923. The summed E-state index contributed by atoms with van der Waals surface area (Å²) in [6, 6.07) is 0. The number of hydrogen-bond acceptors (Lipinski definition) is 1. The normalized spacial score (nSPS) is 17.4. The fourth-order valence-electron chi connectivity index (χ4n) is 2.42. The van der Waals surface area contributed by atoms with Gasteiger partial charge in [0.2, 0.25) is 5.91 Å². The molecule has 0 saturated heterocycles. The van der Waals surface area contributed by atoms with Crippen molar-refractivity contribution in [1.82, 2.24) is 4.90 Å². The number of nitrogens with zero attached hydrogens (tertiary/aromatic N) is 1. The summed E-state index contributed by atoms with van der Waals surface area (Å²) in [7, 11) is 1.92. The first-order valence-corrected chi connectivity index (χ1v) is 7.66. The Balaban J connectivity index is 2.12. The summed E-state index contributed by atoms with van der Waals surface area (Å²) in [6.45, 7) is 0.884. The molecule has 1 rings (SSSR count). The highest BCUT2D eigenvalue weighted by Gasteiger charge is 2.16. The molecule has 2 nitrogen and oxygen atoms in total. The number of rotatable bonds is 6. The van der Waals surface area contributed by atoms with Crippen LogP contribution in [-0.2, 0) is 4.79 Å². The van der Waals surface area contributed by atoms with E-state index < -0.39 is 0 Å². The van der Waals surface area contributed by atoms with Crippen LogP contribution in [0.4, 0.5) is 0 Å². The average Bonchev–Trinajstić information content (AvgIpc) is 2.34. The van der Waals surface area contributed by atoms with Gasteiger partial charge in [0.25, 0.3) is 0 Å². The van der Waals surface area contributed by atoms with Gasteiger partial charge in [-0.25, -0.2) is 0 Å². The molecular weight excluding hydrogens is 266 g/mol. The van der Waals surface area contributed by atoms with Crippen LogP contribution in [0.3, 0.4) is 0 Å². The molecule has 1 amide bonds. The summed E-state index contributed by atoms with van der Waals surface area (Å²) in [5, 5.41) is 0.979. The number of amides is 1. The minimum absolute atomic E-state index is 0.325. The second-order valence-electron chi connectivity index (χ2n) is 4.90. The maximum atomic E-state index is 11.8. The molecule has 0 aromatic carbocycles. The van der Waals surface area contributed by atoms with Gasteiger partial charge in [-0.15, -0.1) is 0 Å². The van der Waals surface area contributed by atoms with Crippen LogP contribution in [0.5, 0.6) is 0 Å². The standard InChI is InChI=1S/C13H24BrNO/c1-15(11-5-10-14)13(16)9-8-12-6-3-2-4-7-12/h12H,2-11H2,1H3. The van der Waals surface area contributed by atoms with E-state index in [-0.39, 0.29) is 0 Å². The molecular formula is C13H24BrNO. The monoisotopic (exact) mass is 289 g/mol. The first-order valence-electron chi connectivity index (χ1n) is 6.54. The van der Waals surface area contributed by atoms with E-state index in [4.69, 9.17) is 0 Å². The minimum Gasteiger partial charge on any atom is -0.346 e. The van der Waals surface area contributed by atoms with E-state index in [0.29, 0.717) is 5.91 Å². The van der Waals surface area contributed by atoms with Gasteiger partial charge in [0.05, 0.1) is 0 Å². The van der Waals surface area contributed by atoms with Crippen LogP contribution in [0, 0.1) is 5.92 Å². The van der Waals surface area contributed by atoms with Gasteiger partial charge in [0.1, 0.15) is 0 Å². The van der Waals surface area contributed by atoms with Crippen molar-refractivity contribution in [2.75, 3.05) is 18.9 Å². The third-order valence-electron chi connectivity index (χ3n) is 3.54. The van der Waals surface area contributed by atoms with E-state index in [0.717, 1.165) is 37.1 Å². The Morgan fingerprint density at radius 2 is 2.00 bits per heavy atom. The highest BCUT2D eigenvalue weighted by molar-refractivity contribution is 9.09. The molecule has 3 heteroatoms. The lowest BCUT2D eigenvalue weighted by Crippen LogP contribution is -2.28. The molecule has 0 aromatic heterocycles. The molecule has 1 saturated carbocycles. The minimum atomic E-state index is 0.325. The Labute approximate surface area is 108 Å². The maximum absolute atomic E-state index is 11.8. The SMILES string of the molecule is CN(CCCBr)C(=O)CCC1CCCCC1. The van der Waals surface area contributed by atoms with Gasteiger partial charge < -0.3 is 4.90 Å². The van der Waals surface area contributed by atoms with Crippen molar-refractivity contribution in [3.05, 3.63) is 0 Å². The van der Waals surface area contributed by atoms with Crippen LogP contribution >= 0.6 is 15.9 Å². The molecule has 0 N–H and O–H groups in total. The molecule has 0 radical (unpaired) electrons. The largest absolute Gasteiger partial charge is 0.346 e. The van der Waals surface area contributed by atoms with Gasteiger partial charge in [-0.2, -0.15) is 0 Å². The molecule has 0 unspecified atom stereocenters. The molecule has 0 heterocycles. The van der Waals surface area contributed by atoms with Crippen LogP contribution in [0.15, 0.2) is 0 Å². The van der Waals surface area contributed by atoms with Crippen molar-refractivity contribution in [1.29, 1.82) is 0 Å². The lowest BCUT2D eigenvalue weighted by molar-refractivity contribution is -0.130. The maximum Gasteiger partial charge on any atom is 0.222 e. The van der Waals surface area contributed by atoms with Gasteiger partial charge >= 0.3 is 0 Å². The molecule has 0 spiro atoms. The van der Waals surface area contributed by atoms with Crippen molar-refractivity contribution < 1.29 is 4.79 Å². The zero-order chi connectivity index (χ0) is 11.8. The molecule has 0 bridgehead atoms. The smallest absolute Gasteiger partial charge is 0.222 e. The highest BCUT2D eigenvalue weighted by atomic mass is 79.9. The number of carbonyl (C=O) groups is 1. The van der Waals surface area contributed by atoms with E-state index in [9.17, 15) is 4.79 Å². The Morgan fingerprint density at radius 1 is 1.31 bits per heavy atom. The summed E-state index contributed by atoms with van der Waals surface area (Å²) >= 11 is 3.39. The fourth-order valence-corrected chi connectivity index (χ4v) is 2.67. The third-order valence-corrected chi connectivity index (χ3v) is 4.10. The van der Waals surface area contributed by atoms with Crippen molar-refractivity contribution in [2.24, 2.45) is 5.92 Å². The summed E-state index contributed by atoms with van der Waals surface area (Å²) in [5.41, 5.74) is 0. The van der Waals surface area contributed by atoms with Gasteiger partial charge in [-0.1, -0.05) is 48.0 Å². The predicted octanol–water partition coefficient (Wildman–Crippen LogP) is 3.59. The average molecular weight is 290 g/mol. The molecule has 0 aromatic rings. The van der Waals surface area contributed by atoms with Crippen LogP contribution in [0.2, 0.25) is 0 Å². The van der Waals surface area contributed by atoms with E-state index in [1.54, 1.807) is 0 Å². The number of alkyl halides is 1. The second-order valence-corrected chi connectivity index (χ2v) is 5.69. The molecule has 1 aliphatic rings. The van der Waals surface area contributed by atoms with Crippen LogP contribution in [0.25, 0.3) is 0 Å². The third kappa shape index (κ3) is 5.33. The van der Waals surface area contributed by atoms with E-state index >= 15 is 0 Å². The van der Waals surface area contributed by atoms with Crippen molar-refractivity contribution in [3.8, 4) is 0 Å². The topological polar surface area (TPSA) is 20.3 Å². The number of carbonyl (C=O) groups excluding carboxylic acids is 1. The highest BCUT2D eigenvalue weighted by Crippen LogP contribution is 2.27. The van der Waals surface area contributed by atoms with Crippen LogP contribution in [0.1, 0.15) is 51.4 Å². The molecule has 1 fully saturated rings. The molecule has 94 valence electrons. The van der Waals surface area contributed by atoms with Gasteiger partial charge in [0.15, 0.2) is 0 Å². The zero-order valence-corrected chi connectivity index (χ0v) is 12.0. The summed E-state index contributed by atoms with van der Waals surface area (Å²) in [4.78, 5) is 13.7. The van der Waals surface area contributed by atoms with Crippen LogP contribution in [-0.4, -0.2) is 29.7 Å². The number of halogens is 1. The summed E-state index contributed by atoms with van der Waals surface area (Å²) in [6.07, 6.45) is 9.75. The van der Waals surface area contributed by atoms with Gasteiger partial charge in [0, 0.05) is 25.3 Å². The number of hydrogen-bond donors (Lipinski definition) is 0. The lowest BCUT2D eigenvalue weighted by Gasteiger charge is -2.22. The quantitative estimate of drug-likeness (QED) is 0.685. The molecule has 1 aliphatic carbocycles. The summed E-state index contributed by atoms with van der Waals surface area (Å²) < 4.78 is 0. The lowest BCUT2D eigenvalue weighted by atomic mass is 9.86. The van der Waals surface area contributed by atoms with Crippen molar-refractivity contribution >= 4 is 21.8 Å². The van der Waals surface area contributed by atoms with Crippen molar-refractivity contribution in [2.45, 2.75) is 51.4 Å². The first-order chi connectivity index (χ1) is 7.74. The van der Waals surface area contributed by atoms with E-state index in [1.807, 2.05) is 11.9 Å². The van der Waals surface area contributed by atoms with Gasteiger partial charge in [-0.05, 0) is 18.8 Å². The van der Waals surface area contributed by atoms with E-state index in [2.05, 4.69) is 15.9 Å². The van der Waals surface area contributed by atoms with Crippen LogP contribution < -0.4 is 0 Å². The molecule has 0 aliphatic heterocycles. The first kappa shape index (κ1) is 14.0. The van der Waals surface area contributed by atoms with Crippen molar-refractivity contribution in [3.63, 3.8) is 0 Å².